The molecule has 0 unspecified atom stereocenters. The van der Waals surface area contributed by atoms with Crippen LogP contribution in [0.15, 0.2) is 30.5 Å². The van der Waals surface area contributed by atoms with E-state index in [1.54, 1.807) is 20.8 Å². The summed E-state index contributed by atoms with van der Waals surface area (Å²) >= 11 is 5.67. The Labute approximate surface area is 158 Å². The van der Waals surface area contributed by atoms with Crippen molar-refractivity contribution in [2.24, 2.45) is 0 Å². The Bertz CT molecular complexity index is 830. The molecule has 2 aromatic rings. The van der Waals surface area contributed by atoms with Crippen LogP contribution < -0.4 is 4.74 Å². The Morgan fingerprint density at radius 3 is 2.37 bits per heavy atom. The maximum atomic E-state index is 13.1. The van der Waals surface area contributed by atoms with E-state index in [0.717, 1.165) is 6.07 Å². The number of halogens is 4. The van der Waals surface area contributed by atoms with Gasteiger partial charge in [-0.3, -0.25) is 0 Å². The maximum absolute atomic E-state index is 13.1. The number of phenolic OH excluding ortho intramolecular Hbond substituents is 1. The number of aromatic nitrogens is 1. The molecular formula is C18H17ClF3NO4. The van der Waals surface area contributed by atoms with E-state index in [9.17, 15) is 23.1 Å². The fourth-order valence-electron chi connectivity index (χ4n) is 2.15. The van der Waals surface area contributed by atoms with Crippen molar-refractivity contribution in [3.8, 4) is 11.5 Å². The fraction of sp³-hybridized carbons (Fsp3) is 0.333. The molecule has 0 saturated heterocycles. The highest BCUT2D eigenvalue weighted by molar-refractivity contribution is 6.29. The number of carbonyl (C=O) groups excluding carboxylic acids is 1. The van der Waals surface area contributed by atoms with E-state index in [4.69, 9.17) is 21.1 Å². The molecular weight excluding hydrogens is 387 g/mol. The largest absolute Gasteiger partial charge is 0.506 e. The highest BCUT2D eigenvalue weighted by atomic mass is 35.5. The third-order valence-corrected chi connectivity index (χ3v) is 3.49. The lowest BCUT2D eigenvalue weighted by Gasteiger charge is -2.22. The van der Waals surface area contributed by atoms with Crippen LogP contribution in [-0.4, -0.2) is 21.7 Å². The molecule has 146 valence electrons. The predicted octanol–water partition coefficient (Wildman–Crippen LogP) is 4.99. The standard InChI is InChI=1S/C18H17ClF3NO4/c1-17(2,3)27-16(25)14-10(4-6-12(15(14)24)18(20,21)22)9-26-11-5-7-13(19)23-8-11/h4-8,24H,9H2,1-3H3. The van der Waals surface area contributed by atoms with Gasteiger partial charge < -0.3 is 14.6 Å². The Morgan fingerprint density at radius 2 is 1.85 bits per heavy atom. The minimum absolute atomic E-state index is 0.0321. The zero-order valence-electron chi connectivity index (χ0n) is 14.7. The summed E-state index contributed by atoms with van der Waals surface area (Å²) in [4.78, 5) is 16.2. The second-order valence-corrected chi connectivity index (χ2v) is 6.99. The first-order valence-corrected chi connectivity index (χ1v) is 8.16. The molecule has 0 fully saturated rings. The Hall–Kier alpha value is -2.48. The number of benzene rings is 1. The van der Waals surface area contributed by atoms with Crippen LogP contribution in [0.5, 0.6) is 11.5 Å². The lowest BCUT2D eigenvalue weighted by Crippen LogP contribution is -2.25. The smallest absolute Gasteiger partial charge is 0.419 e. The van der Waals surface area contributed by atoms with Crippen molar-refractivity contribution in [3.63, 3.8) is 0 Å². The van der Waals surface area contributed by atoms with Gasteiger partial charge in [-0.1, -0.05) is 17.7 Å². The van der Waals surface area contributed by atoms with Gasteiger partial charge in [-0.25, -0.2) is 9.78 Å². The minimum atomic E-state index is -4.83. The molecule has 2 rings (SSSR count). The van der Waals surface area contributed by atoms with E-state index < -0.39 is 34.6 Å². The van der Waals surface area contributed by atoms with E-state index in [-0.39, 0.29) is 23.1 Å². The maximum Gasteiger partial charge on any atom is 0.419 e. The number of alkyl halides is 3. The van der Waals surface area contributed by atoms with Crippen molar-refractivity contribution in [2.75, 3.05) is 0 Å². The summed E-state index contributed by atoms with van der Waals surface area (Å²) in [5.74, 6) is -2.00. The molecule has 5 nitrogen and oxygen atoms in total. The summed E-state index contributed by atoms with van der Waals surface area (Å²) in [5, 5.41) is 10.3. The number of pyridine rings is 1. The van der Waals surface area contributed by atoms with E-state index in [1.165, 1.54) is 18.3 Å². The summed E-state index contributed by atoms with van der Waals surface area (Å²) in [6, 6.07) is 4.72. The highest BCUT2D eigenvalue weighted by Gasteiger charge is 2.37. The van der Waals surface area contributed by atoms with Gasteiger partial charge in [0.15, 0.2) is 0 Å². The molecule has 0 radical (unpaired) electrons. The monoisotopic (exact) mass is 403 g/mol. The number of hydrogen-bond donors (Lipinski definition) is 1. The van der Waals surface area contributed by atoms with Gasteiger partial charge in [0.1, 0.15) is 34.4 Å². The molecule has 0 spiro atoms. The lowest BCUT2D eigenvalue weighted by atomic mass is 10.0. The average molecular weight is 404 g/mol. The van der Waals surface area contributed by atoms with Gasteiger partial charge in [0.25, 0.3) is 0 Å². The van der Waals surface area contributed by atoms with Crippen LogP contribution in [0.4, 0.5) is 13.2 Å². The van der Waals surface area contributed by atoms with Crippen LogP contribution in [0, 0.1) is 0 Å². The van der Waals surface area contributed by atoms with Crippen molar-refractivity contribution in [2.45, 2.75) is 39.2 Å². The predicted molar refractivity (Wildman–Crippen MR) is 91.9 cm³/mol. The molecule has 0 aliphatic rings. The van der Waals surface area contributed by atoms with Crippen molar-refractivity contribution < 1.29 is 32.5 Å². The molecule has 1 N–H and O–H groups in total. The lowest BCUT2D eigenvalue weighted by molar-refractivity contribution is -0.138. The van der Waals surface area contributed by atoms with Gasteiger partial charge in [0.05, 0.1) is 11.8 Å². The third kappa shape index (κ3) is 5.50. The van der Waals surface area contributed by atoms with Crippen LogP contribution >= 0.6 is 11.6 Å². The molecule has 0 aliphatic heterocycles. The number of phenols is 1. The zero-order chi connectivity index (χ0) is 20.4. The Morgan fingerprint density at radius 1 is 1.19 bits per heavy atom. The van der Waals surface area contributed by atoms with E-state index in [2.05, 4.69) is 4.98 Å². The van der Waals surface area contributed by atoms with Gasteiger partial charge in [-0.2, -0.15) is 13.2 Å². The van der Waals surface area contributed by atoms with Crippen LogP contribution in [0.25, 0.3) is 0 Å². The van der Waals surface area contributed by atoms with Gasteiger partial charge in [0.2, 0.25) is 0 Å². The average Bonchev–Trinajstić information content (AvgIpc) is 2.51. The summed E-state index contributed by atoms with van der Waals surface area (Å²) in [6.07, 6.45) is -3.51. The van der Waals surface area contributed by atoms with Gasteiger partial charge in [-0.05, 0) is 39.0 Å². The second kappa shape index (κ2) is 7.64. The first-order chi connectivity index (χ1) is 12.4. The van der Waals surface area contributed by atoms with Crippen LogP contribution in [0.2, 0.25) is 5.15 Å². The zero-order valence-corrected chi connectivity index (χ0v) is 15.5. The van der Waals surface area contributed by atoms with Crippen molar-refractivity contribution in [1.29, 1.82) is 0 Å². The number of hydrogen-bond acceptors (Lipinski definition) is 5. The number of esters is 1. The fourth-order valence-corrected chi connectivity index (χ4v) is 2.26. The number of carbonyl (C=O) groups is 1. The van der Waals surface area contributed by atoms with Gasteiger partial charge in [-0.15, -0.1) is 0 Å². The molecule has 1 aromatic heterocycles. The highest BCUT2D eigenvalue weighted by Crippen LogP contribution is 2.39. The number of ether oxygens (including phenoxy) is 2. The Balaban J connectivity index is 2.41. The number of rotatable bonds is 4. The molecule has 1 heterocycles. The summed E-state index contributed by atoms with van der Waals surface area (Å²) in [7, 11) is 0. The normalized spacial score (nSPS) is 12.0. The van der Waals surface area contributed by atoms with Gasteiger partial charge in [0, 0.05) is 5.56 Å². The second-order valence-electron chi connectivity index (χ2n) is 6.60. The first-order valence-electron chi connectivity index (χ1n) is 7.78. The first kappa shape index (κ1) is 20.8. The molecule has 27 heavy (non-hydrogen) atoms. The molecule has 0 saturated carbocycles. The van der Waals surface area contributed by atoms with E-state index in [0.29, 0.717) is 6.07 Å². The molecule has 0 amide bonds. The molecule has 1 aromatic carbocycles. The van der Waals surface area contributed by atoms with Crippen LogP contribution in [-0.2, 0) is 17.5 Å². The van der Waals surface area contributed by atoms with Crippen molar-refractivity contribution in [1.82, 2.24) is 4.98 Å². The third-order valence-electron chi connectivity index (χ3n) is 3.27. The summed E-state index contributed by atoms with van der Waals surface area (Å²) in [5.41, 5.74) is -2.86. The molecule has 0 bridgehead atoms. The van der Waals surface area contributed by atoms with Crippen molar-refractivity contribution in [3.05, 3.63) is 52.3 Å². The van der Waals surface area contributed by atoms with Crippen molar-refractivity contribution >= 4 is 17.6 Å². The number of nitrogens with zero attached hydrogens (tertiary/aromatic N) is 1. The van der Waals surface area contributed by atoms with E-state index in [1.807, 2.05) is 0 Å². The van der Waals surface area contributed by atoms with Crippen LogP contribution in [0.1, 0.15) is 42.3 Å². The topological polar surface area (TPSA) is 68.7 Å². The Kier molecular flexibility index (Phi) is 5.89. The van der Waals surface area contributed by atoms with Gasteiger partial charge >= 0.3 is 12.1 Å². The molecule has 0 aliphatic carbocycles. The quantitative estimate of drug-likeness (QED) is 0.575. The van der Waals surface area contributed by atoms with Crippen LogP contribution in [0.3, 0.4) is 0 Å². The molecule has 0 atom stereocenters. The van der Waals surface area contributed by atoms with E-state index >= 15 is 0 Å². The summed E-state index contributed by atoms with van der Waals surface area (Å²) in [6.45, 7) is 4.39. The molecule has 9 heteroatoms. The minimum Gasteiger partial charge on any atom is -0.506 e. The summed E-state index contributed by atoms with van der Waals surface area (Å²) < 4.78 is 49.8. The number of aromatic hydroxyl groups is 1. The SMILES string of the molecule is CC(C)(C)OC(=O)c1c(COc2ccc(Cl)nc2)ccc(C(F)(F)F)c1O.